The predicted octanol–water partition coefficient (Wildman–Crippen LogP) is 3.19. The first kappa shape index (κ1) is 19.3. The Kier molecular flexibility index (Phi) is 6.62. The lowest BCUT2D eigenvalue weighted by Crippen LogP contribution is -2.39. The highest BCUT2D eigenvalue weighted by Gasteiger charge is 2.19. The Hall–Kier alpha value is -3.00. The first-order valence-corrected chi connectivity index (χ1v) is 8.36. The summed E-state index contributed by atoms with van der Waals surface area (Å²) in [5, 5.41) is 16.4. The summed E-state index contributed by atoms with van der Waals surface area (Å²) < 4.78 is 5.57. The van der Waals surface area contributed by atoms with Crippen LogP contribution in [0.5, 0.6) is 5.75 Å². The maximum Gasteiger partial charge on any atom is 0.282 e. The van der Waals surface area contributed by atoms with Crippen LogP contribution in [-0.4, -0.2) is 22.0 Å². The zero-order chi connectivity index (χ0) is 19.1. The van der Waals surface area contributed by atoms with Crippen LogP contribution >= 0.6 is 12.2 Å². The van der Waals surface area contributed by atoms with Gasteiger partial charge in [-0.3, -0.25) is 20.2 Å². The Labute approximate surface area is 156 Å². The quantitative estimate of drug-likeness (QED) is 0.459. The number of nitrogens with one attached hydrogen (secondary N) is 2. The van der Waals surface area contributed by atoms with Crippen LogP contribution in [0.15, 0.2) is 48.5 Å². The lowest BCUT2D eigenvalue weighted by molar-refractivity contribution is -0.385. The number of carbonyl (C=O) groups excluding carboxylic acids is 1. The minimum absolute atomic E-state index is 0.0446. The molecule has 2 N–H and O–H groups in total. The first-order chi connectivity index (χ1) is 12.4. The van der Waals surface area contributed by atoms with Crippen molar-refractivity contribution in [1.29, 1.82) is 0 Å². The van der Waals surface area contributed by atoms with Crippen molar-refractivity contribution in [2.45, 2.75) is 26.5 Å². The molecule has 0 saturated carbocycles. The van der Waals surface area contributed by atoms with Gasteiger partial charge in [0.2, 0.25) is 0 Å². The minimum Gasteiger partial charge on any atom is -0.491 e. The molecule has 0 aromatic heterocycles. The number of nitro benzene ring substituents is 1. The second kappa shape index (κ2) is 8.91. The number of nitro groups is 1. The van der Waals surface area contributed by atoms with Gasteiger partial charge in [-0.05, 0) is 49.8 Å². The molecule has 1 amide bonds. The Bertz CT molecular complexity index is 806. The predicted molar refractivity (Wildman–Crippen MR) is 102 cm³/mol. The molecule has 0 fully saturated rings. The third-order valence-electron chi connectivity index (χ3n) is 3.32. The van der Waals surface area contributed by atoms with Gasteiger partial charge in [0.15, 0.2) is 5.11 Å². The van der Waals surface area contributed by atoms with E-state index in [9.17, 15) is 14.9 Å². The number of nitrogens with zero attached hydrogens (tertiary/aromatic N) is 1. The summed E-state index contributed by atoms with van der Waals surface area (Å²) in [4.78, 5) is 22.6. The Balaban J connectivity index is 1.91. The van der Waals surface area contributed by atoms with Crippen molar-refractivity contribution in [3.63, 3.8) is 0 Å². The molecule has 0 unspecified atom stereocenters. The number of benzene rings is 2. The van der Waals surface area contributed by atoms with Gasteiger partial charge in [0, 0.05) is 12.6 Å². The van der Waals surface area contributed by atoms with E-state index in [0.29, 0.717) is 6.54 Å². The van der Waals surface area contributed by atoms with Crippen LogP contribution in [0.25, 0.3) is 0 Å². The van der Waals surface area contributed by atoms with Crippen LogP contribution in [0.3, 0.4) is 0 Å². The molecule has 2 aromatic rings. The van der Waals surface area contributed by atoms with Crippen molar-refractivity contribution >= 4 is 28.9 Å². The molecule has 0 radical (unpaired) electrons. The van der Waals surface area contributed by atoms with E-state index in [1.807, 2.05) is 38.1 Å². The van der Waals surface area contributed by atoms with E-state index in [2.05, 4.69) is 10.6 Å². The van der Waals surface area contributed by atoms with E-state index in [-0.39, 0.29) is 22.5 Å². The van der Waals surface area contributed by atoms with Gasteiger partial charge in [0.1, 0.15) is 11.3 Å². The molecule has 0 spiro atoms. The van der Waals surface area contributed by atoms with Gasteiger partial charge in [-0.1, -0.05) is 24.3 Å². The average molecular weight is 373 g/mol. The molecule has 0 bridgehead atoms. The highest BCUT2D eigenvalue weighted by atomic mass is 32.1. The first-order valence-electron chi connectivity index (χ1n) is 7.95. The summed E-state index contributed by atoms with van der Waals surface area (Å²) in [5.74, 6) is 0.145. The van der Waals surface area contributed by atoms with Crippen molar-refractivity contribution in [3.8, 4) is 5.75 Å². The highest BCUT2D eigenvalue weighted by molar-refractivity contribution is 7.80. The van der Waals surface area contributed by atoms with E-state index in [1.165, 1.54) is 18.2 Å². The van der Waals surface area contributed by atoms with Gasteiger partial charge in [-0.2, -0.15) is 0 Å². The molecular formula is C18H19N3O4S. The van der Waals surface area contributed by atoms with Crippen LogP contribution in [0.2, 0.25) is 0 Å². The molecule has 2 aromatic carbocycles. The summed E-state index contributed by atoms with van der Waals surface area (Å²) in [6, 6.07) is 13.2. The summed E-state index contributed by atoms with van der Waals surface area (Å²) >= 11 is 5.08. The largest absolute Gasteiger partial charge is 0.491 e. The number of thiocarbonyl (C=S) groups is 1. The Morgan fingerprint density at radius 2 is 1.85 bits per heavy atom. The van der Waals surface area contributed by atoms with Gasteiger partial charge in [-0.25, -0.2) is 0 Å². The minimum atomic E-state index is -0.629. The molecule has 0 heterocycles. The molecule has 8 heteroatoms. The fourth-order valence-electron chi connectivity index (χ4n) is 2.18. The number of amides is 1. The molecule has 7 nitrogen and oxygen atoms in total. The van der Waals surface area contributed by atoms with E-state index >= 15 is 0 Å². The van der Waals surface area contributed by atoms with Gasteiger partial charge in [0.05, 0.1) is 11.0 Å². The fraction of sp³-hybridized carbons (Fsp3) is 0.222. The van der Waals surface area contributed by atoms with Crippen molar-refractivity contribution in [2.24, 2.45) is 0 Å². The molecule has 136 valence electrons. The molecule has 26 heavy (non-hydrogen) atoms. The SMILES string of the molecule is CC(C)Oc1ccc(CNC(=S)NC(=O)c2ccccc2[N+](=O)[O-])cc1. The number of para-hydroxylation sites is 1. The van der Waals surface area contributed by atoms with Gasteiger partial charge in [0.25, 0.3) is 11.6 Å². The van der Waals surface area contributed by atoms with Crippen molar-refractivity contribution in [1.82, 2.24) is 10.6 Å². The molecular weight excluding hydrogens is 354 g/mol. The standard InChI is InChI=1S/C18H19N3O4S/c1-12(2)25-14-9-7-13(8-10-14)11-19-18(26)20-17(22)15-5-3-4-6-16(15)21(23)24/h3-10,12H,11H2,1-2H3,(H2,19,20,22,26). The monoisotopic (exact) mass is 373 g/mol. The maximum absolute atomic E-state index is 12.2. The fourth-order valence-corrected chi connectivity index (χ4v) is 2.34. The number of hydrogen-bond donors (Lipinski definition) is 2. The Morgan fingerprint density at radius 3 is 2.46 bits per heavy atom. The van der Waals surface area contributed by atoms with Crippen LogP contribution in [-0.2, 0) is 6.54 Å². The number of hydrogen-bond acceptors (Lipinski definition) is 5. The van der Waals surface area contributed by atoms with Gasteiger partial charge >= 0.3 is 0 Å². The van der Waals surface area contributed by atoms with Gasteiger partial charge in [-0.15, -0.1) is 0 Å². The zero-order valence-electron chi connectivity index (χ0n) is 14.4. The smallest absolute Gasteiger partial charge is 0.282 e. The number of ether oxygens (including phenoxy) is 1. The molecule has 2 rings (SSSR count). The van der Waals surface area contributed by atoms with Crippen molar-refractivity contribution in [2.75, 3.05) is 0 Å². The van der Waals surface area contributed by atoms with Crippen LogP contribution < -0.4 is 15.4 Å². The molecule has 0 aliphatic rings. The second-order valence-corrected chi connectivity index (χ2v) is 6.13. The summed E-state index contributed by atoms with van der Waals surface area (Å²) in [5.41, 5.74) is 0.633. The van der Waals surface area contributed by atoms with Crippen LogP contribution in [0, 0.1) is 10.1 Å². The second-order valence-electron chi connectivity index (χ2n) is 5.72. The number of carbonyl (C=O) groups is 1. The summed E-state index contributed by atoms with van der Waals surface area (Å²) in [7, 11) is 0. The topological polar surface area (TPSA) is 93.5 Å². The number of rotatable bonds is 6. The van der Waals surface area contributed by atoms with Crippen molar-refractivity contribution in [3.05, 3.63) is 69.8 Å². The van der Waals surface area contributed by atoms with Crippen LogP contribution in [0.1, 0.15) is 29.8 Å². The zero-order valence-corrected chi connectivity index (χ0v) is 15.2. The van der Waals surface area contributed by atoms with Crippen LogP contribution in [0.4, 0.5) is 5.69 Å². The molecule has 0 aliphatic carbocycles. The van der Waals surface area contributed by atoms with E-state index in [1.54, 1.807) is 6.07 Å². The third-order valence-corrected chi connectivity index (χ3v) is 3.57. The normalized spacial score (nSPS) is 10.3. The molecule has 0 saturated heterocycles. The lowest BCUT2D eigenvalue weighted by Gasteiger charge is -2.12. The van der Waals surface area contributed by atoms with E-state index in [4.69, 9.17) is 17.0 Å². The highest BCUT2D eigenvalue weighted by Crippen LogP contribution is 2.17. The average Bonchev–Trinajstić information content (AvgIpc) is 2.60. The third kappa shape index (κ3) is 5.52. The Morgan fingerprint density at radius 1 is 1.19 bits per heavy atom. The van der Waals surface area contributed by atoms with Crippen molar-refractivity contribution < 1.29 is 14.5 Å². The summed E-state index contributed by atoms with van der Waals surface area (Å²) in [6.45, 7) is 4.30. The van der Waals surface area contributed by atoms with E-state index < -0.39 is 10.8 Å². The maximum atomic E-state index is 12.2. The molecule has 0 aliphatic heterocycles. The van der Waals surface area contributed by atoms with Gasteiger partial charge < -0.3 is 10.1 Å². The lowest BCUT2D eigenvalue weighted by atomic mass is 10.1. The molecule has 0 atom stereocenters. The van der Waals surface area contributed by atoms with E-state index in [0.717, 1.165) is 11.3 Å². The summed E-state index contributed by atoms with van der Waals surface area (Å²) in [6.07, 6.45) is 0.101.